The molecule has 0 saturated heterocycles. The topological polar surface area (TPSA) is 51.0 Å². The molecule has 0 bridgehead atoms. The van der Waals surface area contributed by atoms with Crippen molar-refractivity contribution < 1.29 is 4.52 Å². The summed E-state index contributed by atoms with van der Waals surface area (Å²) in [6.07, 6.45) is 5.31. The fraction of sp³-hybridized carbons (Fsp3) is 0.467. The van der Waals surface area contributed by atoms with E-state index in [4.69, 9.17) is 4.52 Å². The third-order valence-electron chi connectivity index (χ3n) is 3.77. The lowest BCUT2D eigenvalue weighted by Crippen LogP contribution is -2.04. The molecule has 0 radical (unpaired) electrons. The fourth-order valence-corrected chi connectivity index (χ4v) is 2.79. The Morgan fingerprint density at radius 2 is 2.16 bits per heavy atom. The maximum absolute atomic E-state index is 5.20. The van der Waals surface area contributed by atoms with Gasteiger partial charge in [0.1, 0.15) is 0 Å². The predicted molar refractivity (Wildman–Crippen MR) is 73.7 cm³/mol. The van der Waals surface area contributed by atoms with Crippen LogP contribution < -0.4 is 5.32 Å². The molecule has 1 fully saturated rings. The predicted octanol–water partition coefficient (Wildman–Crippen LogP) is 3.11. The maximum Gasteiger partial charge on any atom is 0.240 e. The van der Waals surface area contributed by atoms with Crippen molar-refractivity contribution in [3.8, 4) is 11.4 Å². The lowest BCUT2D eigenvalue weighted by atomic mass is 9.96. The van der Waals surface area contributed by atoms with Gasteiger partial charge in [0.05, 0.1) is 6.54 Å². The summed E-state index contributed by atoms with van der Waals surface area (Å²) in [6, 6.07) is 8.57. The lowest BCUT2D eigenvalue weighted by molar-refractivity contribution is 0.372. The zero-order chi connectivity index (χ0) is 13.1. The number of hydrogen-bond donors (Lipinski definition) is 1. The standard InChI is InChI=1S/C15H19N3O/c1-16-10-14-17-15(18-19-14)13-8-4-7-12(9-13)11-5-2-3-6-11/h4,7-9,11,16H,2-3,5-6,10H2,1H3. The average molecular weight is 257 g/mol. The minimum Gasteiger partial charge on any atom is -0.338 e. The molecule has 4 heteroatoms. The highest BCUT2D eigenvalue weighted by molar-refractivity contribution is 5.55. The normalized spacial score (nSPS) is 16.1. The average Bonchev–Trinajstić information content (AvgIpc) is 3.11. The van der Waals surface area contributed by atoms with Gasteiger partial charge < -0.3 is 9.84 Å². The fourth-order valence-electron chi connectivity index (χ4n) is 2.79. The molecule has 0 spiro atoms. The van der Waals surface area contributed by atoms with E-state index in [2.05, 4.69) is 33.7 Å². The number of hydrogen-bond acceptors (Lipinski definition) is 4. The minimum atomic E-state index is 0.606. The summed E-state index contributed by atoms with van der Waals surface area (Å²) in [4.78, 5) is 4.40. The van der Waals surface area contributed by atoms with Gasteiger partial charge in [-0.25, -0.2) is 0 Å². The molecule has 3 rings (SSSR count). The van der Waals surface area contributed by atoms with Crippen LogP contribution in [0.15, 0.2) is 28.8 Å². The Morgan fingerprint density at radius 3 is 2.95 bits per heavy atom. The molecule has 2 aromatic rings. The van der Waals surface area contributed by atoms with Crippen LogP contribution in [0.2, 0.25) is 0 Å². The molecule has 1 N–H and O–H groups in total. The van der Waals surface area contributed by atoms with E-state index in [9.17, 15) is 0 Å². The summed E-state index contributed by atoms with van der Waals surface area (Å²) < 4.78 is 5.20. The number of aromatic nitrogens is 2. The molecule has 100 valence electrons. The summed E-state index contributed by atoms with van der Waals surface area (Å²) >= 11 is 0. The molecule has 0 atom stereocenters. The van der Waals surface area contributed by atoms with E-state index in [-0.39, 0.29) is 0 Å². The molecule has 0 aliphatic heterocycles. The first-order chi connectivity index (χ1) is 9.36. The first-order valence-electron chi connectivity index (χ1n) is 6.94. The zero-order valence-corrected chi connectivity index (χ0v) is 11.2. The molecule has 1 heterocycles. The molecule has 0 unspecified atom stereocenters. The summed E-state index contributed by atoms with van der Waals surface area (Å²) in [7, 11) is 1.87. The van der Waals surface area contributed by atoms with Crippen LogP contribution >= 0.6 is 0 Å². The smallest absolute Gasteiger partial charge is 0.240 e. The van der Waals surface area contributed by atoms with Gasteiger partial charge in [0, 0.05) is 5.56 Å². The Morgan fingerprint density at radius 1 is 1.32 bits per heavy atom. The van der Waals surface area contributed by atoms with Gasteiger partial charge in [0.25, 0.3) is 0 Å². The quantitative estimate of drug-likeness (QED) is 0.914. The third kappa shape index (κ3) is 2.68. The Hall–Kier alpha value is -1.68. The SMILES string of the molecule is CNCc1nc(-c2cccc(C3CCCC3)c2)no1. The molecule has 0 amide bonds. The highest BCUT2D eigenvalue weighted by Gasteiger charge is 2.18. The van der Waals surface area contributed by atoms with Crippen molar-refractivity contribution >= 4 is 0 Å². The second-order valence-electron chi connectivity index (χ2n) is 5.15. The van der Waals surface area contributed by atoms with E-state index >= 15 is 0 Å². The van der Waals surface area contributed by atoms with E-state index in [1.54, 1.807) is 0 Å². The van der Waals surface area contributed by atoms with Crippen molar-refractivity contribution in [3.63, 3.8) is 0 Å². The van der Waals surface area contributed by atoms with Crippen LogP contribution in [0.1, 0.15) is 43.1 Å². The minimum absolute atomic E-state index is 0.606. The molecule has 4 nitrogen and oxygen atoms in total. The molecule has 19 heavy (non-hydrogen) atoms. The Kier molecular flexibility index (Phi) is 3.60. The molecule has 1 saturated carbocycles. The Bertz CT molecular complexity index is 544. The van der Waals surface area contributed by atoms with E-state index in [0.29, 0.717) is 24.2 Å². The van der Waals surface area contributed by atoms with Crippen molar-refractivity contribution in [1.29, 1.82) is 0 Å². The summed E-state index contributed by atoms with van der Waals surface area (Å²) in [5.74, 6) is 2.03. The number of rotatable bonds is 4. The summed E-state index contributed by atoms with van der Waals surface area (Å²) in [6.45, 7) is 0.606. The molecule has 1 aromatic heterocycles. The van der Waals surface area contributed by atoms with E-state index < -0.39 is 0 Å². The first kappa shape index (κ1) is 12.4. The number of benzene rings is 1. The summed E-state index contributed by atoms with van der Waals surface area (Å²) in [5.41, 5.74) is 2.46. The number of nitrogens with one attached hydrogen (secondary N) is 1. The van der Waals surface area contributed by atoms with Crippen LogP contribution in [0.4, 0.5) is 0 Å². The first-order valence-corrected chi connectivity index (χ1v) is 6.94. The highest BCUT2D eigenvalue weighted by Crippen LogP contribution is 2.35. The van der Waals surface area contributed by atoms with Crippen molar-refractivity contribution in [1.82, 2.24) is 15.5 Å². The van der Waals surface area contributed by atoms with Crippen LogP contribution in [0.5, 0.6) is 0 Å². The van der Waals surface area contributed by atoms with Gasteiger partial charge in [-0.3, -0.25) is 0 Å². The van der Waals surface area contributed by atoms with E-state index in [1.165, 1.54) is 31.2 Å². The summed E-state index contributed by atoms with van der Waals surface area (Å²) in [5, 5.41) is 7.06. The van der Waals surface area contributed by atoms with Gasteiger partial charge in [0.2, 0.25) is 11.7 Å². The van der Waals surface area contributed by atoms with Crippen LogP contribution in [-0.2, 0) is 6.54 Å². The molecule has 1 aliphatic carbocycles. The Labute approximate surface area is 113 Å². The van der Waals surface area contributed by atoms with Crippen LogP contribution in [-0.4, -0.2) is 17.2 Å². The van der Waals surface area contributed by atoms with E-state index in [0.717, 1.165) is 5.56 Å². The second-order valence-corrected chi connectivity index (χ2v) is 5.15. The zero-order valence-electron chi connectivity index (χ0n) is 11.2. The second kappa shape index (κ2) is 5.53. The van der Waals surface area contributed by atoms with Crippen molar-refractivity contribution in [2.24, 2.45) is 0 Å². The van der Waals surface area contributed by atoms with Crippen LogP contribution in [0.3, 0.4) is 0 Å². The third-order valence-corrected chi connectivity index (χ3v) is 3.77. The van der Waals surface area contributed by atoms with Gasteiger partial charge in [-0.05, 0) is 37.4 Å². The molecular formula is C15H19N3O. The maximum atomic E-state index is 5.20. The van der Waals surface area contributed by atoms with Gasteiger partial charge in [-0.2, -0.15) is 4.98 Å². The lowest BCUT2D eigenvalue weighted by Gasteiger charge is -2.09. The Balaban J connectivity index is 1.85. The highest BCUT2D eigenvalue weighted by atomic mass is 16.5. The van der Waals surface area contributed by atoms with Gasteiger partial charge in [-0.15, -0.1) is 0 Å². The van der Waals surface area contributed by atoms with Crippen LogP contribution in [0, 0.1) is 0 Å². The van der Waals surface area contributed by atoms with Crippen molar-refractivity contribution in [2.45, 2.75) is 38.1 Å². The monoisotopic (exact) mass is 257 g/mol. The molecule has 1 aliphatic rings. The van der Waals surface area contributed by atoms with E-state index in [1.807, 2.05) is 13.1 Å². The number of nitrogens with zero attached hydrogens (tertiary/aromatic N) is 2. The molecular weight excluding hydrogens is 238 g/mol. The van der Waals surface area contributed by atoms with Crippen LogP contribution in [0.25, 0.3) is 11.4 Å². The molecule has 1 aromatic carbocycles. The van der Waals surface area contributed by atoms with Gasteiger partial charge in [-0.1, -0.05) is 36.2 Å². The van der Waals surface area contributed by atoms with Crippen molar-refractivity contribution in [2.75, 3.05) is 7.05 Å². The van der Waals surface area contributed by atoms with Gasteiger partial charge in [0.15, 0.2) is 0 Å². The largest absolute Gasteiger partial charge is 0.338 e. The van der Waals surface area contributed by atoms with Gasteiger partial charge >= 0.3 is 0 Å². The van der Waals surface area contributed by atoms with Crippen molar-refractivity contribution in [3.05, 3.63) is 35.7 Å².